The van der Waals surface area contributed by atoms with Gasteiger partial charge in [-0.1, -0.05) is 0 Å². The molecule has 2 heterocycles. The van der Waals surface area contributed by atoms with Gasteiger partial charge in [0.05, 0.1) is 6.10 Å². The van der Waals surface area contributed by atoms with Crippen LogP contribution in [0, 0.1) is 11.8 Å². The Bertz CT molecular complexity index is 466. The minimum Gasteiger partial charge on any atom is -0.376 e. The highest BCUT2D eigenvalue weighted by atomic mass is 16.5. The first-order valence-electron chi connectivity index (χ1n) is 8.34. The summed E-state index contributed by atoms with van der Waals surface area (Å²) >= 11 is 0. The third-order valence-electron chi connectivity index (χ3n) is 5.72. The monoisotopic (exact) mass is 292 g/mol. The molecule has 4 fully saturated rings. The van der Waals surface area contributed by atoms with Gasteiger partial charge in [0.25, 0.3) is 0 Å². The molecule has 2 saturated heterocycles. The summed E-state index contributed by atoms with van der Waals surface area (Å²) in [5, 5.41) is 3.02. The second kappa shape index (κ2) is 4.70. The summed E-state index contributed by atoms with van der Waals surface area (Å²) < 4.78 is 5.72. The fourth-order valence-electron chi connectivity index (χ4n) is 3.94. The van der Waals surface area contributed by atoms with Gasteiger partial charge in [-0.3, -0.25) is 9.59 Å². The molecule has 21 heavy (non-hydrogen) atoms. The van der Waals surface area contributed by atoms with Crippen LogP contribution in [0.25, 0.3) is 0 Å². The lowest BCUT2D eigenvalue weighted by atomic mass is 9.86. The van der Waals surface area contributed by atoms with Gasteiger partial charge in [-0.2, -0.15) is 0 Å². The van der Waals surface area contributed by atoms with Crippen LogP contribution in [0.4, 0.5) is 0 Å². The molecule has 0 spiro atoms. The topological polar surface area (TPSA) is 58.6 Å². The van der Waals surface area contributed by atoms with E-state index in [9.17, 15) is 9.59 Å². The number of carbonyl (C=O) groups is 2. The number of hydrogen-bond acceptors (Lipinski definition) is 3. The first-order chi connectivity index (χ1) is 10.1. The van der Waals surface area contributed by atoms with Crippen LogP contribution < -0.4 is 5.32 Å². The molecule has 2 aliphatic carbocycles. The van der Waals surface area contributed by atoms with Crippen LogP contribution in [0.1, 0.15) is 45.4 Å². The van der Waals surface area contributed by atoms with Crippen LogP contribution in [0.3, 0.4) is 0 Å². The highest BCUT2D eigenvalue weighted by Crippen LogP contribution is 2.47. The van der Waals surface area contributed by atoms with E-state index in [4.69, 9.17) is 4.74 Å². The summed E-state index contributed by atoms with van der Waals surface area (Å²) in [5.41, 5.74) is -0.658. The number of rotatable bonds is 4. The predicted molar refractivity (Wildman–Crippen MR) is 76.5 cm³/mol. The molecule has 0 aromatic heterocycles. The molecular formula is C16H24N2O3. The van der Waals surface area contributed by atoms with Gasteiger partial charge in [-0.05, 0) is 57.3 Å². The van der Waals surface area contributed by atoms with E-state index in [1.54, 1.807) is 0 Å². The molecule has 5 heteroatoms. The number of nitrogens with zero attached hydrogens (tertiary/aromatic N) is 1. The predicted octanol–water partition coefficient (Wildman–Crippen LogP) is 1.07. The van der Waals surface area contributed by atoms with E-state index in [1.165, 1.54) is 0 Å². The van der Waals surface area contributed by atoms with Gasteiger partial charge >= 0.3 is 0 Å². The summed E-state index contributed by atoms with van der Waals surface area (Å²) in [4.78, 5) is 27.5. The number of amides is 2. The van der Waals surface area contributed by atoms with Crippen molar-refractivity contribution in [3.05, 3.63) is 0 Å². The van der Waals surface area contributed by atoms with Crippen LogP contribution in [-0.2, 0) is 14.3 Å². The van der Waals surface area contributed by atoms with Crippen molar-refractivity contribution >= 4 is 11.8 Å². The Kier molecular flexibility index (Phi) is 3.03. The Hall–Kier alpha value is -1.10. The van der Waals surface area contributed by atoms with Gasteiger partial charge in [0.1, 0.15) is 11.6 Å². The molecule has 2 saturated carbocycles. The quantitative estimate of drug-likeness (QED) is 0.843. The van der Waals surface area contributed by atoms with Crippen LogP contribution in [-0.4, -0.2) is 47.6 Å². The van der Waals surface area contributed by atoms with Crippen LogP contribution in [0.15, 0.2) is 0 Å². The van der Waals surface area contributed by atoms with E-state index in [2.05, 4.69) is 5.32 Å². The third kappa shape index (κ3) is 2.17. The molecule has 3 unspecified atom stereocenters. The summed E-state index contributed by atoms with van der Waals surface area (Å²) in [6.45, 7) is 3.32. The standard InChI is InChI=1S/C16H24N2O3/c1-16(11-6-7-11)15(20)17-13(10-4-5-10)14(19)18(16)9-12-3-2-8-21-12/h10-13H,2-9H2,1H3,(H,17,20). The zero-order chi connectivity index (χ0) is 14.6. The molecule has 2 aliphatic heterocycles. The number of carbonyl (C=O) groups excluding carboxylic acids is 2. The molecule has 0 bridgehead atoms. The summed E-state index contributed by atoms with van der Waals surface area (Å²) in [5.74, 6) is 0.863. The third-order valence-corrected chi connectivity index (χ3v) is 5.72. The molecule has 0 radical (unpaired) electrons. The number of ether oxygens (including phenoxy) is 1. The zero-order valence-corrected chi connectivity index (χ0v) is 12.6. The summed E-state index contributed by atoms with van der Waals surface area (Å²) in [6, 6.07) is -0.286. The fraction of sp³-hybridized carbons (Fsp3) is 0.875. The molecule has 116 valence electrons. The van der Waals surface area contributed by atoms with E-state index in [1.807, 2.05) is 11.8 Å². The van der Waals surface area contributed by atoms with Crippen LogP contribution in [0.5, 0.6) is 0 Å². The summed E-state index contributed by atoms with van der Waals surface area (Å²) in [6.07, 6.45) is 6.39. The minimum atomic E-state index is -0.658. The van der Waals surface area contributed by atoms with E-state index < -0.39 is 5.54 Å². The Labute approximate surface area is 125 Å². The van der Waals surface area contributed by atoms with Crippen molar-refractivity contribution in [2.24, 2.45) is 11.8 Å². The van der Waals surface area contributed by atoms with Crippen molar-refractivity contribution < 1.29 is 14.3 Å². The molecule has 3 atom stereocenters. The molecule has 4 rings (SSSR count). The van der Waals surface area contributed by atoms with Crippen molar-refractivity contribution in [2.45, 2.75) is 63.1 Å². The molecule has 0 aromatic carbocycles. The highest BCUT2D eigenvalue weighted by molar-refractivity contribution is 6.00. The van der Waals surface area contributed by atoms with E-state index >= 15 is 0 Å². The molecular weight excluding hydrogens is 268 g/mol. The van der Waals surface area contributed by atoms with Crippen LogP contribution >= 0.6 is 0 Å². The first-order valence-corrected chi connectivity index (χ1v) is 8.34. The lowest BCUT2D eigenvalue weighted by Crippen LogP contribution is -2.71. The maximum atomic E-state index is 12.9. The Morgan fingerprint density at radius 3 is 2.57 bits per heavy atom. The van der Waals surface area contributed by atoms with E-state index in [0.717, 1.165) is 45.1 Å². The van der Waals surface area contributed by atoms with Crippen molar-refractivity contribution in [1.29, 1.82) is 0 Å². The normalized spacial score (nSPS) is 40.5. The number of nitrogens with one attached hydrogen (secondary N) is 1. The van der Waals surface area contributed by atoms with Gasteiger partial charge in [0.2, 0.25) is 11.8 Å². The maximum absolute atomic E-state index is 12.9. The van der Waals surface area contributed by atoms with Crippen molar-refractivity contribution in [2.75, 3.05) is 13.2 Å². The molecule has 4 aliphatic rings. The van der Waals surface area contributed by atoms with Gasteiger partial charge in [-0.25, -0.2) is 0 Å². The van der Waals surface area contributed by atoms with Crippen molar-refractivity contribution in [3.63, 3.8) is 0 Å². The molecule has 1 N–H and O–H groups in total. The smallest absolute Gasteiger partial charge is 0.246 e. The summed E-state index contributed by atoms with van der Waals surface area (Å²) in [7, 11) is 0. The molecule has 0 aromatic rings. The van der Waals surface area contributed by atoms with Crippen molar-refractivity contribution in [3.8, 4) is 0 Å². The second-order valence-electron chi connectivity index (χ2n) is 7.29. The van der Waals surface area contributed by atoms with Gasteiger partial charge in [0, 0.05) is 13.2 Å². The maximum Gasteiger partial charge on any atom is 0.246 e. The van der Waals surface area contributed by atoms with Gasteiger partial charge in [0.15, 0.2) is 0 Å². The first kappa shape index (κ1) is 13.6. The van der Waals surface area contributed by atoms with Gasteiger partial charge < -0.3 is 15.0 Å². The average Bonchev–Trinajstić information content (AvgIpc) is 3.38. The van der Waals surface area contributed by atoms with Crippen molar-refractivity contribution in [1.82, 2.24) is 10.2 Å². The van der Waals surface area contributed by atoms with Crippen LogP contribution in [0.2, 0.25) is 0 Å². The zero-order valence-electron chi connectivity index (χ0n) is 12.6. The Balaban J connectivity index is 1.61. The lowest BCUT2D eigenvalue weighted by molar-refractivity contribution is -0.160. The second-order valence-corrected chi connectivity index (χ2v) is 7.29. The Morgan fingerprint density at radius 1 is 1.24 bits per heavy atom. The molecule has 2 amide bonds. The SMILES string of the molecule is CC1(C2CC2)C(=O)NC(C2CC2)C(=O)N1CC1CCCO1. The number of piperazine rings is 1. The van der Waals surface area contributed by atoms with Gasteiger partial charge in [-0.15, -0.1) is 0 Å². The minimum absolute atomic E-state index is 0.0551. The fourth-order valence-corrected chi connectivity index (χ4v) is 3.94. The molecule has 5 nitrogen and oxygen atoms in total. The number of hydrogen-bond donors (Lipinski definition) is 1. The van der Waals surface area contributed by atoms with E-state index in [0.29, 0.717) is 18.4 Å². The Morgan fingerprint density at radius 2 is 2.00 bits per heavy atom. The largest absolute Gasteiger partial charge is 0.376 e. The lowest BCUT2D eigenvalue weighted by Gasteiger charge is -2.47. The highest BCUT2D eigenvalue weighted by Gasteiger charge is 2.59. The van der Waals surface area contributed by atoms with E-state index in [-0.39, 0.29) is 24.0 Å². The average molecular weight is 292 g/mol.